The van der Waals surface area contributed by atoms with Crippen molar-refractivity contribution in [3.8, 4) is 5.19 Å². The second-order valence-electron chi connectivity index (χ2n) is 4.54. The molecule has 2 rings (SSSR count). The Labute approximate surface area is 138 Å². The van der Waals surface area contributed by atoms with Crippen LogP contribution in [0.4, 0.5) is 13.2 Å². The molecule has 0 atom stereocenters. The number of nitrogens with one attached hydrogen (secondary N) is 2. The zero-order chi connectivity index (χ0) is 17.3. The topological polar surface area (TPSA) is 97.4 Å². The standard InChI is InChI=1S/C10H11ClF3N3O4S2/c11-7-6(8(18)16-5-1-2-5)17-9(22-7)21-4-3-15-23(19,20)10(12,13)14/h5,15H,1-4H2,(H,16,18). The van der Waals surface area contributed by atoms with Crippen molar-refractivity contribution in [2.24, 2.45) is 0 Å². The largest absolute Gasteiger partial charge is 0.511 e. The van der Waals surface area contributed by atoms with Gasteiger partial charge in [-0.1, -0.05) is 22.9 Å². The first-order valence-electron chi connectivity index (χ1n) is 6.26. The number of alkyl halides is 3. The second-order valence-corrected chi connectivity index (χ2v) is 7.86. The van der Waals surface area contributed by atoms with Crippen molar-refractivity contribution in [2.75, 3.05) is 13.2 Å². The van der Waals surface area contributed by atoms with Crippen LogP contribution >= 0.6 is 22.9 Å². The molecule has 0 aliphatic heterocycles. The Bertz CT molecular complexity index is 688. The van der Waals surface area contributed by atoms with Gasteiger partial charge in [0.2, 0.25) is 0 Å². The highest BCUT2D eigenvalue weighted by Crippen LogP contribution is 2.30. The molecule has 0 aromatic carbocycles. The van der Waals surface area contributed by atoms with Crippen LogP contribution in [0.25, 0.3) is 0 Å². The maximum Gasteiger partial charge on any atom is 0.511 e. The minimum absolute atomic E-state index is 0.0329. The van der Waals surface area contributed by atoms with Crippen LogP contribution in [-0.4, -0.2) is 44.0 Å². The van der Waals surface area contributed by atoms with Crippen LogP contribution in [0.1, 0.15) is 23.3 Å². The van der Waals surface area contributed by atoms with E-state index in [1.165, 1.54) is 4.72 Å². The van der Waals surface area contributed by atoms with Crippen LogP contribution in [0.3, 0.4) is 0 Å². The molecule has 0 saturated heterocycles. The zero-order valence-electron chi connectivity index (χ0n) is 11.3. The van der Waals surface area contributed by atoms with Crippen LogP contribution in [0.5, 0.6) is 5.19 Å². The van der Waals surface area contributed by atoms with E-state index in [1.54, 1.807) is 0 Å². The van der Waals surface area contributed by atoms with Crippen LogP contribution in [0.15, 0.2) is 0 Å². The molecule has 0 unspecified atom stereocenters. The first kappa shape index (κ1) is 18.2. The maximum atomic E-state index is 12.1. The minimum Gasteiger partial charge on any atom is -0.469 e. The number of aromatic nitrogens is 1. The maximum absolute atomic E-state index is 12.1. The average Bonchev–Trinajstić information content (AvgIpc) is 3.15. The molecule has 1 heterocycles. The highest BCUT2D eigenvalue weighted by molar-refractivity contribution is 7.90. The van der Waals surface area contributed by atoms with Crippen molar-refractivity contribution < 1.29 is 31.1 Å². The third-order valence-electron chi connectivity index (χ3n) is 2.62. The fourth-order valence-corrected chi connectivity index (χ4v) is 2.87. The number of hydrogen-bond acceptors (Lipinski definition) is 6. The van der Waals surface area contributed by atoms with Crippen LogP contribution in [-0.2, 0) is 10.0 Å². The van der Waals surface area contributed by atoms with Gasteiger partial charge in [0.15, 0.2) is 5.69 Å². The third-order valence-corrected chi connectivity index (χ3v) is 4.98. The lowest BCUT2D eigenvalue weighted by Crippen LogP contribution is -2.38. The van der Waals surface area contributed by atoms with E-state index in [1.807, 2.05) is 0 Å². The summed E-state index contributed by atoms with van der Waals surface area (Å²) in [6.45, 7) is -1.01. The molecule has 1 aromatic heterocycles. The molecule has 1 saturated carbocycles. The van der Waals surface area contributed by atoms with Crippen LogP contribution in [0.2, 0.25) is 4.34 Å². The van der Waals surface area contributed by atoms with Crippen molar-refractivity contribution >= 4 is 38.9 Å². The third kappa shape index (κ3) is 4.93. The van der Waals surface area contributed by atoms with Gasteiger partial charge in [0, 0.05) is 12.6 Å². The molecule has 1 aliphatic carbocycles. The van der Waals surface area contributed by atoms with Crippen LogP contribution < -0.4 is 14.8 Å². The Morgan fingerprint density at radius 2 is 2.09 bits per heavy atom. The molecule has 23 heavy (non-hydrogen) atoms. The van der Waals surface area contributed by atoms with Crippen molar-refractivity contribution in [3.05, 3.63) is 10.0 Å². The number of nitrogens with zero attached hydrogens (tertiary/aromatic N) is 1. The Hall–Kier alpha value is -1.11. The summed E-state index contributed by atoms with van der Waals surface area (Å²) in [7, 11) is -5.41. The SMILES string of the molecule is O=C(NC1CC1)c1nc(OCCNS(=O)(=O)C(F)(F)F)sc1Cl. The number of carbonyl (C=O) groups excluding carboxylic acids is 1. The van der Waals surface area contributed by atoms with Crippen molar-refractivity contribution in [3.63, 3.8) is 0 Å². The zero-order valence-corrected chi connectivity index (χ0v) is 13.7. The summed E-state index contributed by atoms with van der Waals surface area (Å²) in [5.74, 6) is -0.457. The number of halogens is 4. The van der Waals surface area contributed by atoms with E-state index in [0.717, 1.165) is 24.2 Å². The van der Waals surface area contributed by atoms with Gasteiger partial charge in [-0.25, -0.2) is 13.1 Å². The van der Waals surface area contributed by atoms with Gasteiger partial charge in [-0.05, 0) is 12.8 Å². The summed E-state index contributed by atoms with van der Waals surface area (Å²) in [4.78, 5) is 15.6. The molecular weight excluding hydrogens is 383 g/mol. The number of thiazole rings is 1. The second kappa shape index (κ2) is 6.79. The molecule has 1 fully saturated rings. The lowest BCUT2D eigenvalue weighted by Gasteiger charge is -2.09. The van der Waals surface area contributed by atoms with E-state index < -0.39 is 34.6 Å². The fourth-order valence-electron chi connectivity index (χ4n) is 1.36. The highest BCUT2D eigenvalue weighted by atomic mass is 35.5. The van der Waals surface area contributed by atoms with Gasteiger partial charge in [0.1, 0.15) is 10.9 Å². The van der Waals surface area contributed by atoms with E-state index in [2.05, 4.69) is 10.3 Å². The number of carbonyl (C=O) groups is 1. The van der Waals surface area contributed by atoms with E-state index in [-0.39, 0.29) is 21.3 Å². The van der Waals surface area contributed by atoms with Gasteiger partial charge < -0.3 is 10.1 Å². The first-order chi connectivity index (χ1) is 10.6. The summed E-state index contributed by atoms with van der Waals surface area (Å²) in [6, 6.07) is 0.112. The predicted molar refractivity (Wildman–Crippen MR) is 76.1 cm³/mol. The molecule has 0 spiro atoms. The summed E-state index contributed by atoms with van der Waals surface area (Å²) in [6.07, 6.45) is 1.77. The molecule has 2 N–H and O–H groups in total. The molecule has 130 valence electrons. The molecular formula is C10H11ClF3N3O4S2. The lowest BCUT2D eigenvalue weighted by molar-refractivity contribution is -0.0448. The Morgan fingerprint density at radius 1 is 1.43 bits per heavy atom. The Morgan fingerprint density at radius 3 is 2.65 bits per heavy atom. The predicted octanol–water partition coefficient (Wildman–Crippen LogP) is 1.51. The Kier molecular flexibility index (Phi) is 5.38. The van der Waals surface area contributed by atoms with Gasteiger partial charge in [0.25, 0.3) is 11.1 Å². The number of rotatable bonds is 7. The molecule has 1 aromatic rings. The number of sulfonamides is 1. The normalized spacial score (nSPS) is 15.5. The summed E-state index contributed by atoms with van der Waals surface area (Å²) >= 11 is 6.67. The number of hydrogen-bond donors (Lipinski definition) is 2. The van der Waals surface area contributed by atoms with Crippen molar-refractivity contribution in [2.45, 2.75) is 24.4 Å². The summed E-state index contributed by atoms with van der Waals surface area (Å²) in [5, 5.41) is 2.64. The van der Waals surface area contributed by atoms with E-state index >= 15 is 0 Å². The molecule has 0 radical (unpaired) electrons. The molecule has 13 heteroatoms. The number of ether oxygens (including phenoxy) is 1. The van der Waals surface area contributed by atoms with E-state index in [9.17, 15) is 26.4 Å². The van der Waals surface area contributed by atoms with Gasteiger partial charge >= 0.3 is 15.5 Å². The van der Waals surface area contributed by atoms with Crippen molar-refractivity contribution in [1.82, 2.24) is 15.0 Å². The van der Waals surface area contributed by atoms with E-state index in [0.29, 0.717) is 0 Å². The fraction of sp³-hybridized carbons (Fsp3) is 0.600. The minimum atomic E-state index is -5.41. The molecule has 7 nitrogen and oxygen atoms in total. The van der Waals surface area contributed by atoms with Gasteiger partial charge in [-0.3, -0.25) is 4.79 Å². The smallest absolute Gasteiger partial charge is 0.469 e. The van der Waals surface area contributed by atoms with Gasteiger partial charge in [-0.2, -0.15) is 18.2 Å². The summed E-state index contributed by atoms with van der Waals surface area (Å²) in [5.41, 5.74) is -5.42. The average molecular weight is 394 g/mol. The van der Waals surface area contributed by atoms with Crippen LogP contribution in [0, 0.1) is 0 Å². The quantitative estimate of drug-likeness (QED) is 0.684. The number of amides is 1. The van der Waals surface area contributed by atoms with Gasteiger partial charge in [-0.15, -0.1) is 0 Å². The Balaban J connectivity index is 1.83. The first-order valence-corrected chi connectivity index (χ1v) is 8.94. The highest BCUT2D eigenvalue weighted by Gasteiger charge is 2.45. The monoisotopic (exact) mass is 393 g/mol. The van der Waals surface area contributed by atoms with E-state index in [4.69, 9.17) is 16.3 Å². The molecule has 1 aliphatic rings. The van der Waals surface area contributed by atoms with Gasteiger partial charge in [0.05, 0.1) is 0 Å². The lowest BCUT2D eigenvalue weighted by atomic mass is 10.4. The molecule has 0 bridgehead atoms. The van der Waals surface area contributed by atoms with Crippen molar-refractivity contribution in [1.29, 1.82) is 0 Å². The molecule has 1 amide bonds. The summed E-state index contributed by atoms with van der Waals surface area (Å²) < 4.78 is 64.1.